The Bertz CT molecular complexity index is 509. The van der Waals surface area contributed by atoms with Crippen molar-refractivity contribution in [3.05, 3.63) is 34.6 Å². The molecular formula is C11H13FO3S. The van der Waals surface area contributed by atoms with Crippen LogP contribution >= 0.6 is 0 Å². The highest BCUT2D eigenvalue weighted by Gasteiger charge is 2.15. The van der Waals surface area contributed by atoms with Crippen LogP contribution in [0.4, 0.5) is 4.39 Å². The van der Waals surface area contributed by atoms with Crippen LogP contribution in [0.25, 0.3) is 0 Å². The van der Waals surface area contributed by atoms with Crippen LogP contribution in [0, 0.1) is 19.7 Å². The molecule has 3 nitrogen and oxygen atoms in total. The molecule has 0 heterocycles. The van der Waals surface area contributed by atoms with E-state index in [9.17, 15) is 17.6 Å². The van der Waals surface area contributed by atoms with Gasteiger partial charge >= 0.3 is 0 Å². The molecule has 0 aliphatic carbocycles. The lowest BCUT2D eigenvalue weighted by Crippen LogP contribution is -2.15. The minimum absolute atomic E-state index is 0.238. The summed E-state index contributed by atoms with van der Waals surface area (Å²) in [4.78, 5) is 11.6. The van der Waals surface area contributed by atoms with E-state index in [1.807, 2.05) is 0 Å². The molecule has 0 saturated heterocycles. The van der Waals surface area contributed by atoms with Gasteiger partial charge in [-0.3, -0.25) is 4.79 Å². The summed E-state index contributed by atoms with van der Waals surface area (Å²) in [5.74, 6) is -1.41. The van der Waals surface area contributed by atoms with Crippen LogP contribution in [-0.4, -0.2) is 26.2 Å². The van der Waals surface area contributed by atoms with Crippen molar-refractivity contribution in [2.24, 2.45) is 0 Å². The van der Waals surface area contributed by atoms with Gasteiger partial charge in [-0.2, -0.15) is 0 Å². The van der Waals surface area contributed by atoms with E-state index in [0.29, 0.717) is 11.1 Å². The lowest BCUT2D eigenvalue weighted by molar-refractivity contribution is 0.102. The number of halogens is 1. The molecule has 1 aromatic carbocycles. The zero-order valence-corrected chi connectivity index (χ0v) is 10.2. The molecule has 0 N–H and O–H groups in total. The van der Waals surface area contributed by atoms with Gasteiger partial charge in [0.05, 0.1) is 0 Å². The minimum Gasteiger partial charge on any atom is -0.293 e. The maximum Gasteiger partial charge on any atom is 0.177 e. The van der Waals surface area contributed by atoms with Crippen molar-refractivity contribution in [2.75, 3.05) is 12.0 Å². The van der Waals surface area contributed by atoms with Crippen LogP contribution in [0.2, 0.25) is 0 Å². The average molecular weight is 244 g/mol. The Balaban J connectivity index is 3.11. The Morgan fingerprint density at radius 1 is 1.25 bits per heavy atom. The summed E-state index contributed by atoms with van der Waals surface area (Å²) in [5, 5.41) is 0. The van der Waals surface area contributed by atoms with Crippen molar-refractivity contribution < 1.29 is 17.6 Å². The van der Waals surface area contributed by atoms with Crippen molar-refractivity contribution in [3.63, 3.8) is 0 Å². The normalized spacial score (nSPS) is 11.5. The molecule has 0 spiro atoms. The van der Waals surface area contributed by atoms with Gasteiger partial charge in [-0.15, -0.1) is 0 Å². The van der Waals surface area contributed by atoms with Gasteiger partial charge < -0.3 is 0 Å². The first-order valence-electron chi connectivity index (χ1n) is 4.68. The molecule has 0 saturated carbocycles. The summed E-state index contributed by atoms with van der Waals surface area (Å²) in [6.45, 7) is 3.08. The molecular weight excluding hydrogens is 231 g/mol. The highest BCUT2D eigenvalue weighted by Crippen LogP contribution is 2.15. The number of benzene rings is 1. The number of carbonyl (C=O) groups is 1. The van der Waals surface area contributed by atoms with Crippen molar-refractivity contribution in [1.82, 2.24) is 0 Å². The van der Waals surface area contributed by atoms with E-state index in [4.69, 9.17) is 0 Å². The molecule has 0 fully saturated rings. The molecule has 0 aliphatic heterocycles. The maximum absolute atomic E-state index is 13.3. The zero-order chi connectivity index (χ0) is 12.5. The van der Waals surface area contributed by atoms with Gasteiger partial charge in [-0.25, -0.2) is 12.8 Å². The van der Waals surface area contributed by atoms with Crippen LogP contribution in [0.15, 0.2) is 12.1 Å². The van der Waals surface area contributed by atoms with Gasteiger partial charge in [0.25, 0.3) is 0 Å². The zero-order valence-electron chi connectivity index (χ0n) is 9.37. The molecule has 5 heteroatoms. The molecule has 88 valence electrons. The molecule has 0 bridgehead atoms. The van der Waals surface area contributed by atoms with Crippen LogP contribution in [0.1, 0.15) is 21.5 Å². The minimum atomic E-state index is -3.35. The summed E-state index contributed by atoms with van der Waals surface area (Å²) < 4.78 is 35.2. The Kier molecular flexibility index (Phi) is 3.48. The number of carbonyl (C=O) groups excluding carboxylic acids is 1. The van der Waals surface area contributed by atoms with Crippen molar-refractivity contribution >= 4 is 15.6 Å². The number of rotatable bonds is 3. The average Bonchev–Trinajstić information content (AvgIpc) is 2.10. The van der Waals surface area contributed by atoms with Crippen molar-refractivity contribution in [1.29, 1.82) is 0 Å². The van der Waals surface area contributed by atoms with Crippen LogP contribution in [0.3, 0.4) is 0 Å². The number of ketones is 1. The quantitative estimate of drug-likeness (QED) is 0.760. The maximum atomic E-state index is 13.3. The second-order valence-electron chi connectivity index (χ2n) is 3.92. The molecule has 1 aromatic rings. The van der Waals surface area contributed by atoms with Gasteiger partial charge in [0.15, 0.2) is 15.6 Å². The Labute approximate surface area is 94.2 Å². The summed E-state index contributed by atoms with van der Waals surface area (Å²) in [6, 6.07) is 2.74. The standard InChI is InChI=1S/C11H13FO3S/c1-7-4-9(5-8(2)11(7)12)10(13)6-16(3,14)15/h4-5H,6H2,1-3H3. The fraction of sp³-hybridized carbons (Fsp3) is 0.364. The van der Waals surface area contributed by atoms with E-state index in [0.717, 1.165) is 6.26 Å². The summed E-state index contributed by atoms with van der Waals surface area (Å²) in [6.07, 6.45) is 0.994. The molecule has 0 aromatic heterocycles. The number of Topliss-reactive ketones (excluding diaryl/α,β-unsaturated/α-hetero) is 1. The van der Waals surface area contributed by atoms with Crippen molar-refractivity contribution in [3.8, 4) is 0 Å². The molecule has 16 heavy (non-hydrogen) atoms. The van der Waals surface area contributed by atoms with Gasteiger partial charge in [0.2, 0.25) is 0 Å². The van der Waals surface area contributed by atoms with Crippen LogP contribution < -0.4 is 0 Å². The first kappa shape index (κ1) is 12.8. The molecule has 0 aliphatic rings. The fourth-order valence-electron chi connectivity index (χ4n) is 1.43. The van der Waals surface area contributed by atoms with E-state index in [1.54, 1.807) is 13.8 Å². The molecule has 0 amide bonds. The summed E-state index contributed by atoms with van der Waals surface area (Å²) in [7, 11) is -3.35. The SMILES string of the molecule is Cc1cc(C(=O)CS(C)(=O)=O)cc(C)c1F. The molecule has 0 unspecified atom stereocenters. The van der Waals surface area contributed by atoms with E-state index < -0.39 is 21.4 Å². The number of hydrogen-bond donors (Lipinski definition) is 0. The Hall–Kier alpha value is -1.23. The largest absolute Gasteiger partial charge is 0.293 e. The summed E-state index contributed by atoms with van der Waals surface area (Å²) in [5.41, 5.74) is 0.926. The topological polar surface area (TPSA) is 51.2 Å². The first-order chi connectivity index (χ1) is 7.20. The molecule has 0 atom stereocenters. The third-order valence-electron chi connectivity index (χ3n) is 2.15. The second kappa shape index (κ2) is 4.33. The van der Waals surface area contributed by atoms with E-state index >= 15 is 0 Å². The summed E-state index contributed by atoms with van der Waals surface area (Å²) >= 11 is 0. The number of hydrogen-bond acceptors (Lipinski definition) is 3. The lowest BCUT2D eigenvalue weighted by Gasteiger charge is -2.05. The van der Waals surface area contributed by atoms with Crippen molar-refractivity contribution in [2.45, 2.75) is 13.8 Å². The van der Waals surface area contributed by atoms with Gasteiger partial charge in [0.1, 0.15) is 11.6 Å². The number of aryl methyl sites for hydroxylation is 2. The predicted octanol–water partition coefficient (Wildman–Crippen LogP) is 1.67. The van der Waals surface area contributed by atoms with E-state index in [-0.39, 0.29) is 11.4 Å². The Morgan fingerprint density at radius 3 is 2.06 bits per heavy atom. The highest BCUT2D eigenvalue weighted by atomic mass is 32.2. The Morgan fingerprint density at radius 2 is 1.69 bits per heavy atom. The monoisotopic (exact) mass is 244 g/mol. The van der Waals surface area contributed by atoms with Gasteiger partial charge in [-0.05, 0) is 37.1 Å². The smallest absolute Gasteiger partial charge is 0.177 e. The van der Waals surface area contributed by atoms with Crippen LogP contribution in [-0.2, 0) is 9.84 Å². The van der Waals surface area contributed by atoms with Crippen LogP contribution in [0.5, 0.6) is 0 Å². The first-order valence-corrected chi connectivity index (χ1v) is 6.74. The highest BCUT2D eigenvalue weighted by molar-refractivity contribution is 7.91. The molecule has 0 radical (unpaired) electrons. The third kappa shape index (κ3) is 3.13. The number of sulfone groups is 1. The van der Waals surface area contributed by atoms with E-state index in [1.165, 1.54) is 12.1 Å². The second-order valence-corrected chi connectivity index (χ2v) is 6.06. The lowest BCUT2D eigenvalue weighted by atomic mass is 10.0. The fourth-order valence-corrected chi connectivity index (χ4v) is 2.07. The van der Waals surface area contributed by atoms with Gasteiger partial charge in [0, 0.05) is 11.8 Å². The molecule has 1 rings (SSSR count). The van der Waals surface area contributed by atoms with E-state index in [2.05, 4.69) is 0 Å². The van der Waals surface area contributed by atoms with Gasteiger partial charge in [-0.1, -0.05) is 0 Å². The predicted molar refractivity (Wildman–Crippen MR) is 59.9 cm³/mol. The third-order valence-corrected chi connectivity index (χ3v) is 2.94.